The van der Waals surface area contributed by atoms with Crippen LogP contribution in [0.25, 0.3) is 11.3 Å². The second-order valence-corrected chi connectivity index (χ2v) is 6.04. The summed E-state index contributed by atoms with van der Waals surface area (Å²) in [4.78, 5) is 8.72. The van der Waals surface area contributed by atoms with Gasteiger partial charge in [-0.25, -0.2) is 9.97 Å². The van der Waals surface area contributed by atoms with E-state index in [1.807, 2.05) is 0 Å². The maximum absolute atomic E-state index is 5.32. The summed E-state index contributed by atoms with van der Waals surface area (Å²) in [5, 5.41) is 3.41. The van der Waals surface area contributed by atoms with Crippen molar-refractivity contribution in [3.63, 3.8) is 0 Å². The lowest BCUT2D eigenvalue weighted by molar-refractivity contribution is 0.486. The third-order valence-corrected chi connectivity index (χ3v) is 4.35. The maximum atomic E-state index is 5.32. The van der Waals surface area contributed by atoms with Gasteiger partial charge in [-0.3, -0.25) is 0 Å². The summed E-state index contributed by atoms with van der Waals surface area (Å²) in [5.74, 6) is 2.04. The van der Waals surface area contributed by atoms with E-state index in [9.17, 15) is 0 Å². The molecule has 1 aromatic carbocycles. The van der Waals surface area contributed by atoms with Gasteiger partial charge in [0, 0.05) is 30.4 Å². The Bertz CT molecular complexity index is 750. The average molecular weight is 308 g/mol. The van der Waals surface area contributed by atoms with E-state index in [0.29, 0.717) is 0 Å². The SMILES string of the molecule is CC(Nc1ccc(-c2cn3c(n2)CCCC3)cc1)c1cnco1. The molecule has 0 saturated carbocycles. The predicted octanol–water partition coefficient (Wildman–Crippen LogP) is 4.05. The molecule has 3 heterocycles. The Morgan fingerprint density at radius 3 is 2.83 bits per heavy atom. The number of aryl methyl sites for hydroxylation is 2. The van der Waals surface area contributed by atoms with Crippen LogP contribution in [0, 0.1) is 0 Å². The number of oxazole rings is 1. The predicted molar refractivity (Wildman–Crippen MR) is 89.1 cm³/mol. The van der Waals surface area contributed by atoms with Crippen LogP contribution in [-0.4, -0.2) is 14.5 Å². The summed E-state index contributed by atoms with van der Waals surface area (Å²) in [6.45, 7) is 3.15. The lowest BCUT2D eigenvalue weighted by Gasteiger charge is -2.12. The van der Waals surface area contributed by atoms with Crippen LogP contribution in [0.15, 0.2) is 47.5 Å². The zero-order valence-corrected chi connectivity index (χ0v) is 13.2. The van der Waals surface area contributed by atoms with Crippen molar-refractivity contribution >= 4 is 5.69 Å². The van der Waals surface area contributed by atoms with Crippen molar-refractivity contribution in [2.24, 2.45) is 0 Å². The Morgan fingerprint density at radius 2 is 2.09 bits per heavy atom. The molecular formula is C18H20N4O. The van der Waals surface area contributed by atoms with E-state index in [0.717, 1.165) is 35.7 Å². The van der Waals surface area contributed by atoms with Crippen molar-refractivity contribution in [2.75, 3.05) is 5.32 Å². The lowest BCUT2D eigenvalue weighted by Crippen LogP contribution is -2.08. The molecule has 5 heteroatoms. The van der Waals surface area contributed by atoms with Crippen LogP contribution in [0.3, 0.4) is 0 Å². The third kappa shape index (κ3) is 2.86. The largest absolute Gasteiger partial charge is 0.446 e. The number of benzene rings is 1. The van der Waals surface area contributed by atoms with Crippen LogP contribution >= 0.6 is 0 Å². The number of imidazole rings is 1. The van der Waals surface area contributed by atoms with E-state index >= 15 is 0 Å². The topological polar surface area (TPSA) is 55.9 Å². The molecule has 0 amide bonds. The summed E-state index contributed by atoms with van der Waals surface area (Å²) in [6.07, 6.45) is 8.96. The Kier molecular flexibility index (Phi) is 3.61. The molecule has 1 aliphatic heterocycles. The zero-order valence-electron chi connectivity index (χ0n) is 13.2. The fourth-order valence-electron chi connectivity index (χ4n) is 3.05. The minimum Gasteiger partial charge on any atom is -0.446 e. The van der Waals surface area contributed by atoms with E-state index in [4.69, 9.17) is 9.40 Å². The molecule has 4 rings (SSSR count). The minimum atomic E-state index is 0.0864. The highest BCUT2D eigenvalue weighted by Gasteiger charge is 2.13. The number of rotatable bonds is 4. The van der Waals surface area contributed by atoms with Gasteiger partial charge in [0.05, 0.1) is 17.9 Å². The summed E-state index contributed by atoms with van der Waals surface area (Å²) in [7, 11) is 0. The van der Waals surface area contributed by atoms with Gasteiger partial charge in [0.15, 0.2) is 6.39 Å². The summed E-state index contributed by atoms with van der Waals surface area (Å²) >= 11 is 0. The quantitative estimate of drug-likeness (QED) is 0.790. The van der Waals surface area contributed by atoms with E-state index in [1.165, 1.54) is 25.1 Å². The monoisotopic (exact) mass is 308 g/mol. The van der Waals surface area contributed by atoms with E-state index in [1.54, 1.807) is 6.20 Å². The molecule has 118 valence electrons. The van der Waals surface area contributed by atoms with Crippen LogP contribution in [-0.2, 0) is 13.0 Å². The van der Waals surface area contributed by atoms with Crippen molar-refractivity contribution in [1.82, 2.24) is 14.5 Å². The van der Waals surface area contributed by atoms with Gasteiger partial charge in [0.2, 0.25) is 0 Å². The molecule has 1 atom stereocenters. The van der Waals surface area contributed by atoms with Crippen molar-refractivity contribution in [2.45, 2.75) is 38.8 Å². The van der Waals surface area contributed by atoms with Gasteiger partial charge in [-0.05, 0) is 31.9 Å². The Hall–Kier alpha value is -2.56. The van der Waals surface area contributed by atoms with Crippen molar-refractivity contribution < 1.29 is 4.42 Å². The molecule has 0 spiro atoms. The molecule has 0 fully saturated rings. The molecule has 1 N–H and O–H groups in total. The van der Waals surface area contributed by atoms with Crippen molar-refractivity contribution in [3.05, 3.63) is 54.6 Å². The highest BCUT2D eigenvalue weighted by atomic mass is 16.3. The van der Waals surface area contributed by atoms with Crippen LogP contribution in [0.1, 0.15) is 37.4 Å². The molecule has 0 aliphatic carbocycles. The molecule has 1 unspecified atom stereocenters. The fourth-order valence-corrected chi connectivity index (χ4v) is 3.05. The van der Waals surface area contributed by atoms with Crippen LogP contribution in [0.5, 0.6) is 0 Å². The summed E-state index contributed by atoms with van der Waals surface area (Å²) in [6, 6.07) is 8.48. The molecular weight excluding hydrogens is 288 g/mol. The van der Waals surface area contributed by atoms with E-state index in [2.05, 4.69) is 52.3 Å². The third-order valence-electron chi connectivity index (χ3n) is 4.35. The first kappa shape index (κ1) is 14.1. The number of nitrogens with zero attached hydrogens (tertiary/aromatic N) is 3. The van der Waals surface area contributed by atoms with Gasteiger partial charge in [-0.15, -0.1) is 0 Å². The molecule has 1 aliphatic rings. The molecule has 3 aromatic rings. The number of hydrogen-bond donors (Lipinski definition) is 1. The minimum absolute atomic E-state index is 0.0864. The van der Waals surface area contributed by atoms with Crippen molar-refractivity contribution in [3.8, 4) is 11.3 Å². The van der Waals surface area contributed by atoms with E-state index < -0.39 is 0 Å². The highest BCUT2D eigenvalue weighted by Crippen LogP contribution is 2.25. The van der Waals surface area contributed by atoms with Gasteiger partial charge in [-0.2, -0.15) is 0 Å². The van der Waals surface area contributed by atoms with Crippen LogP contribution in [0.2, 0.25) is 0 Å². The first-order chi connectivity index (χ1) is 11.3. The first-order valence-electron chi connectivity index (χ1n) is 8.11. The summed E-state index contributed by atoms with van der Waals surface area (Å²) < 4.78 is 7.61. The second kappa shape index (κ2) is 5.91. The number of fused-ring (bicyclic) bond motifs is 1. The number of anilines is 1. The van der Waals surface area contributed by atoms with Crippen molar-refractivity contribution in [1.29, 1.82) is 0 Å². The first-order valence-corrected chi connectivity index (χ1v) is 8.11. The highest BCUT2D eigenvalue weighted by molar-refractivity contribution is 5.62. The summed E-state index contributed by atoms with van der Waals surface area (Å²) in [5.41, 5.74) is 3.28. The zero-order chi connectivity index (χ0) is 15.6. The Balaban J connectivity index is 1.50. The van der Waals surface area contributed by atoms with Gasteiger partial charge >= 0.3 is 0 Å². The van der Waals surface area contributed by atoms with Gasteiger partial charge < -0.3 is 14.3 Å². The van der Waals surface area contributed by atoms with Gasteiger partial charge in [0.25, 0.3) is 0 Å². The number of nitrogens with one attached hydrogen (secondary N) is 1. The molecule has 2 aromatic heterocycles. The Labute approximate surface area is 135 Å². The molecule has 5 nitrogen and oxygen atoms in total. The number of aromatic nitrogens is 3. The molecule has 0 bridgehead atoms. The van der Waals surface area contributed by atoms with E-state index in [-0.39, 0.29) is 6.04 Å². The molecule has 0 saturated heterocycles. The standard InChI is InChI=1S/C18H20N4O/c1-13(17-10-19-12-23-17)20-15-7-5-14(6-8-15)16-11-22-9-3-2-4-18(22)21-16/h5-8,10-13,20H,2-4,9H2,1H3. The smallest absolute Gasteiger partial charge is 0.180 e. The number of hydrogen-bond acceptors (Lipinski definition) is 4. The molecule has 23 heavy (non-hydrogen) atoms. The Morgan fingerprint density at radius 1 is 1.22 bits per heavy atom. The molecule has 0 radical (unpaired) electrons. The fraction of sp³-hybridized carbons (Fsp3) is 0.333. The van der Waals surface area contributed by atoms with Crippen LogP contribution < -0.4 is 5.32 Å². The average Bonchev–Trinajstić information content (AvgIpc) is 3.25. The second-order valence-electron chi connectivity index (χ2n) is 6.04. The van der Waals surface area contributed by atoms with Crippen LogP contribution in [0.4, 0.5) is 5.69 Å². The van der Waals surface area contributed by atoms with Gasteiger partial charge in [0.1, 0.15) is 11.6 Å². The van der Waals surface area contributed by atoms with Gasteiger partial charge in [-0.1, -0.05) is 12.1 Å². The maximum Gasteiger partial charge on any atom is 0.180 e. The normalized spacial score (nSPS) is 15.2. The lowest BCUT2D eigenvalue weighted by atomic mass is 10.1.